The van der Waals surface area contributed by atoms with Crippen molar-refractivity contribution in [2.75, 3.05) is 4.72 Å². The van der Waals surface area contributed by atoms with Crippen LogP contribution in [-0.2, 0) is 10.0 Å². The van der Waals surface area contributed by atoms with Crippen molar-refractivity contribution in [1.29, 1.82) is 5.26 Å². The van der Waals surface area contributed by atoms with Gasteiger partial charge in [-0.2, -0.15) is 5.26 Å². The van der Waals surface area contributed by atoms with Crippen molar-refractivity contribution in [1.82, 2.24) is 4.98 Å². The Hall–Kier alpha value is -2.44. The summed E-state index contributed by atoms with van der Waals surface area (Å²) in [6.07, 6.45) is 1.26. The summed E-state index contributed by atoms with van der Waals surface area (Å²) in [6.45, 7) is 0. The van der Waals surface area contributed by atoms with E-state index >= 15 is 0 Å². The number of aromatic nitrogens is 1. The molecule has 0 saturated carbocycles. The number of nitrogens with zero attached hydrogens (tertiary/aromatic N) is 1. The average molecular weight is 412 g/mol. The fraction of sp³-hybridized carbons (Fsp3) is 0. The molecule has 1 heterocycles. The van der Waals surface area contributed by atoms with Crippen molar-refractivity contribution in [3.63, 3.8) is 0 Å². The number of benzene rings is 2. The Morgan fingerprint density at radius 1 is 1.17 bits per heavy atom. The van der Waals surface area contributed by atoms with Gasteiger partial charge < -0.3 is 4.98 Å². The number of fused-ring (bicyclic) bond motifs is 1. The van der Waals surface area contributed by atoms with Crippen LogP contribution in [0.4, 0.5) is 14.5 Å². The molecule has 0 aliphatic rings. The fourth-order valence-corrected chi connectivity index (χ4v) is 3.80. The Balaban J connectivity index is 2.06. The molecule has 3 aromatic rings. The molecule has 2 aromatic carbocycles. The van der Waals surface area contributed by atoms with Crippen LogP contribution in [0, 0.1) is 23.0 Å². The van der Waals surface area contributed by atoms with Crippen LogP contribution in [0.15, 0.2) is 45.9 Å². The minimum atomic E-state index is -4.15. The van der Waals surface area contributed by atoms with Crippen molar-refractivity contribution >= 4 is 42.5 Å². The minimum Gasteiger partial charge on any atom is -0.360 e. The molecule has 0 bridgehead atoms. The molecule has 0 atom stereocenters. The molecule has 2 N–H and O–H groups in total. The SMILES string of the molecule is N#Cc1cc(F)c(NS(=O)(=O)c2c[nH]c3cc(Br)ccc23)cc1F. The lowest BCUT2D eigenvalue weighted by atomic mass is 10.2. The molecule has 5 nitrogen and oxygen atoms in total. The van der Waals surface area contributed by atoms with Crippen LogP contribution in [0.3, 0.4) is 0 Å². The van der Waals surface area contributed by atoms with E-state index in [4.69, 9.17) is 5.26 Å². The smallest absolute Gasteiger partial charge is 0.264 e. The van der Waals surface area contributed by atoms with E-state index in [1.807, 2.05) is 4.72 Å². The number of hydrogen-bond acceptors (Lipinski definition) is 3. The van der Waals surface area contributed by atoms with E-state index < -0.39 is 32.9 Å². The molecule has 0 amide bonds. The van der Waals surface area contributed by atoms with Crippen molar-refractivity contribution in [2.24, 2.45) is 0 Å². The Morgan fingerprint density at radius 2 is 1.92 bits per heavy atom. The summed E-state index contributed by atoms with van der Waals surface area (Å²) in [7, 11) is -4.15. The highest BCUT2D eigenvalue weighted by molar-refractivity contribution is 9.10. The third-order valence-electron chi connectivity index (χ3n) is 3.32. The van der Waals surface area contributed by atoms with Crippen LogP contribution in [0.2, 0.25) is 0 Å². The number of halogens is 3. The second kappa shape index (κ2) is 5.89. The molecular formula is C15H8BrF2N3O2S. The van der Waals surface area contributed by atoms with Crippen LogP contribution in [0.1, 0.15) is 5.56 Å². The van der Waals surface area contributed by atoms with Gasteiger partial charge in [-0.1, -0.05) is 22.0 Å². The van der Waals surface area contributed by atoms with Gasteiger partial charge in [-0.05, 0) is 18.2 Å². The lowest BCUT2D eigenvalue weighted by Crippen LogP contribution is -2.14. The molecule has 122 valence electrons. The van der Waals surface area contributed by atoms with Gasteiger partial charge in [-0.3, -0.25) is 4.72 Å². The lowest BCUT2D eigenvalue weighted by Gasteiger charge is -2.09. The van der Waals surface area contributed by atoms with Crippen LogP contribution in [0.25, 0.3) is 10.9 Å². The van der Waals surface area contributed by atoms with Gasteiger partial charge in [0.05, 0.1) is 11.3 Å². The number of hydrogen-bond donors (Lipinski definition) is 2. The van der Waals surface area contributed by atoms with Gasteiger partial charge >= 0.3 is 0 Å². The summed E-state index contributed by atoms with van der Waals surface area (Å²) in [5.74, 6) is -2.06. The van der Waals surface area contributed by atoms with E-state index in [9.17, 15) is 17.2 Å². The molecule has 1 aromatic heterocycles. The maximum atomic E-state index is 13.9. The molecule has 0 fully saturated rings. The van der Waals surface area contributed by atoms with Crippen LogP contribution in [0.5, 0.6) is 0 Å². The Labute approximate surface area is 144 Å². The molecule has 3 rings (SSSR count). The van der Waals surface area contributed by atoms with Gasteiger partial charge in [-0.15, -0.1) is 0 Å². The Kier molecular flexibility index (Phi) is 4.03. The fourth-order valence-electron chi connectivity index (χ4n) is 2.20. The lowest BCUT2D eigenvalue weighted by molar-refractivity contribution is 0.593. The van der Waals surface area contributed by atoms with E-state index in [-0.39, 0.29) is 4.90 Å². The van der Waals surface area contributed by atoms with Gasteiger partial charge in [-0.25, -0.2) is 17.2 Å². The predicted octanol–water partition coefficient (Wildman–Crippen LogP) is 3.88. The van der Waals surface area contributed by atoms with Crippen LogP contribution in [-0.4, -0.2) is 13.4 Å². The molecule has 0 saturated heterocycles. The second-order valence-electron chi connectivity index (χ2n) is 4.87. The highest BCUT2D eigenvalue weighted by Gasteiger charge is 2.21. The molecule has 0 aliphatic carbocycles. The van der Waals surface area contributed by atoms with E-state index in [0.29, 0.717) is 23.0 Å². The van der Waals surface area contributed by atoms with E-state index in [0.717, 1.165) is 4.47 Å². The predicted molar refractivity (Wildman–Crippen MR) is 87.9 cm³/mol. The normalized spacial score (nSPS) is 11.4. The quantitative estimate of drug-likeness (QED) is 0.685. The van der Waals surface area contributed by atoms with Crippen molar-refractivity contribution < 1.29 is 17.2 Å². The number of sulfonamides is 1. The molecule has 0 radical (unpaired) electrons. The molecule has 0 aliphatic heterocycles. The highest BCUT2D eigenvalue weighted by Crippen LogP contribution is 2.28. The summed E-state index contributed by atoms with van der Waals surface area (Å²) in [6, 6.07) is 7.69. The van der Waals surface area contributed by atoms with Crippen molar-refractivity contribution in [3.05, 3.63) is 58.2 Å². The van der Waals surface area contributed by atoms with Crippen molar-refractivity contribution in [3.8, 4) is 6.07 Å². The van der Waals surface area contributed by atoms with Gasteiger partial charge in [0.25, 0.3) is 10.0 Å². The van der Waals surface area contributed by atoms with E-state index in [1.165, 1.54) is 12.3 Å². The molecular weight excluding hydrogens is 404 g/mol. The summed E-state index contributed by atoms with van der Waals surface area (Å²) in [5, 5.41) is 9.06. The first-order valence-corrected chi connectivity index (χ1v) is 8.78. The number of H-pyrrole nitrogens is 1. The zero-order valence-corrected chi connectivity index (χ0v) is 14.2. The van der Waals surface area contributed by atoms with Gasteiger partial charge in [0.2, 0.25) is 0 Å². The first-order chi connectivity index (χ1) is 11.3. The van der Waals surface area contributed by atoms with Gasteiger partial charge in [0.1, 0.15) is 22.6 Å². The third-order valence-corrected chi connectivity index (χ3v) is 5.22. The topological polar surface area (TPSA) is 85.8 Å². The summed E-state index contributed by atoms with van der Waals surface area (Å²) in [5.41, 5.74) is -0.512. The number of aromatic amines is 1. The molecule has 0 unspecified atom stereocenters. The number of anilines is 1. The number of rotatable bonds is 3. The molecule has 24 heavy (non-hydrogen) atoms. The second-order valence-corrected chi connectivity index (χ2v) is 7.44. The van der Waals surface area contributed by atoms with Gasteiger partial charge in [0.15, 0.2) is 0 Å². The summed E-state index contributed by atoms with van der Waals surface area (Å²) < 4.78 is 55.2. The third kappa shape index (κ3) is 2.86. The standard InChI is InChI=1S/C15H8BrF2N3O2S/c16-9-1-2-10-13(4-9)20-7-15(10)24(22,23)21-14-5-11(17)8(6-19)3-12(14)18/h1-5,7,20-21H. The summed E-state index contributed by atoms with van der Waals surface area (Å²) >= 11 is 3.27. The maximum absolute atomic E-state index is 13.9. The number of nitriles is 1. The highest BCUT2D eigenvalue weighted by atomic mass is 79.9. The maximum Gasteiger partial charge on any atom is 0.264 e. The zero-order valence-electron chi connectivity index (χ0n) is 11.8. The van der Waals surface area contributed by atoms with E-state index in [1.54, 1.807) is 18.2 Å². The summed E-state index contributed by atoms with van der Waals surface area (Å²) in [4.78, 5) is 2.70. The molecule has 0 spiro atoms. The monoisotopic (exact) mass is 411 g/mol. The van der Waals surface area contributed by atoms with E-state index in [2.05, 4.69) is 20.9 Å². The molecule has 9 heteroatoms. The van der Waals surface area contributed by atoms with Crippen LogP contribution < -0.4 is 4.72 Å². The Bertz CT molecular complexity index is 1100. The van der Waals surface area contributed by atoms with Crippen LogP contribution >= 0.6 is 15.9 Å². The number of nitrogens with one attached hydrogen (secondary N) is 2. The Morgan fingerprint density at radius 3 is 2.62 bits per heavy atom. The zero-order chi connectivity index (χ0) is 17.5. The minimum absolute atomic E-state index is 0.103. The largest absolute Gasteiger partial charge is 0.360 e. The first-order valence-electron chi connectivity index (χ1n) is 6.50. The van der Waals surface area contributed by atoms with Gasteiger partial charge in [0, 0.05) is 27.6 Å². The average Bonchev–Trinajstić information content (AvgIpc) is 2.94. The first kappa shape index (κ1) is 16.4. The van der Waals surface area contributed by atoms with Crippen molar-refractivity contribution in [2.45, 2.75) is 4.90 Å².